The van der Waals surface area contributed by atoms with Crippen molar-refractivity contribution in [1.82, 2.24) is 0 Å². The van der Waals surface area contributed by atoms with Gasteiger partial charge in [0.1, 0.15) is 12.3 Å². The molecule has 0 radical (unpaired) electrons. The molecular weight excluding hydrogens is 372 g/mol. The van der Waals surface area contributed by atoms with E-state index in [9.17, 15) is 14.4 Å². The lowest BCUT2D eigenvalue weighted by Crippen LogP contribution is -2.37. The average Bonchev–Trinajstić information content (AvgIpc) is 2.87. The molecule has 1 heterocycles. The number of carbonyl (C=O) groups is 3. The van der Waals surface area contributed by atoms with E-state index >= 15 is 0 Å². The number of benzene rings is 2. The van der Waals surface area contributed by atoms with Crippen molar-refractivity contribution in [3.05, 3.63) is 53.6 Å². The number of aryl methyl sites for hydroxylation is 2. The predicted octanol–water partition coefficient (Wildman–Crippen LogP) is 2.85. The summed E-state index contributed by atoms with van der Waals surface area (Å²) in [7, 11) is 0. The van der Waals surface area contributed by atoms with Crippen LogP contribution in [0.3, 0.4) is 0 Å². The molecule has 1 aliphatic rings. The summed E-state index contributed by atoms with van der Waals surface area (Å²) in [6, 6.07) is 12.8. The van der Waals surface area contributed by atoms with Crippen molar-refractivity contribution >= 4 is 29.2 Å². The van der Waals surface area contributed by atoms with Crippen molar-refractivity contribution < 1.29 is 23.9 Å². The fourth-order valence-electron chi connectivity index (χ4n) is 3.19. The second-order valence-electron chi connectivity index (χ2n) is 6.72. The first-order chi connectivity index (χ1) is 14.0. The maximum Gasteiger partial charge on any atom is 0.326 e. The van der Waals surface area contributed by atoms with Gasteiger partial charge in [0.2, 0.25) is 5.91 Å². The van der Waals surface area contributed by atoms with Gasteiger partial charge in [-0.25, -0.2) is 0 Å². The molecule has 2 aromatic carbocycles. The Morgan fingerprint density at radius 3 is 2.76 bits per heavy atom. The van der Waals surface area contributed by atoms with E-state index in [0.717, 1.165) is 23.2 Å². The fourth-order valence-corrected chi connectivity index (χ4v) is 3.19. The summed E-state index contributed by atoms with van der Waals surface area (Å²) < 4.78 is 10.7. The Kier molecular flexibility index (Phi) is 6.49. The minimum absolute atomic E-state index is 0.162. The third-order valence-corrected chi connectivity index (χ3v) is 4.69. The molecule has 7 nitrogen and oxygen atoms in total. The van der Waals surface area contributed by atoms with Crippen molar-refractivity contribution in [2.45, 2.75) is 26.7 Å². The van der Waals surface area contributed by atoms with E-state index < -0.39 is 18.5 Å². The van der Waals surface area contributed by atoms with Crippen LogP contribution in [0.2, 0.25) is 0 Å². The third kappa shape index (κ3) is 4.93. The van der Waals surface area contributed by atoms with Crippen LogP contribution in [0.4, 0.5) is 11.4 Å². The highest BCUT2D eigenvalue weighted by atomic mass is 16.5. The second kappa shape index (κ2) is 9.23. The van der Waals surface area contributed by atoms with Crippen LogP contribution in [-0.4, -0.2) is 37.5 Å². The van der Waals surface area contributed by atoms with Crippen LogP contribution in [0.1, 0.15) is 24.5 Å². The van der Waals surface area contributed by atoms with E-state index in [0.29, 0.717) is 11.4 Å². The van der Waals surface area contributed by atoms with Gasteiger partial charge >= 0.3 is 5.97 Å². The number of hydrogen-bond acceptors (Lipinski definition) is 5. The summed E-state index contributed by atoms with van der Waals surface area (Å²) in [6.07, 6.45) is 0.936. The van der Waals surface area contributed by atoms with E-state index in [1.165, 1.54) is 4.90 Å². The number of esters is 1. The standard InChI is InChI=1S/C22H24N2O5/c1-3-16-8-6-7-15(2)22(16)23-19(25)14-29-21(27)13-24-17-9-4-5-10-18(17)28-12-11-20(24)26/h4-10H,3,11-14H2,1-2H3,(H,23,25). The molecule has 0 aromatic heterocycles. The zero-order chi connectivity index (χ0) is 20.8. The lowest BCUT2D eigenvalue weighted by Gasteiger charge is -2.20. The number of carbonyl (C=O) groups excluding carboxylic acids is 3. The Balaban J connectivity index is 1.60. The number of anilines is 2. The molecule has 0 fully saturated rings. The molecule has 1 aliphatic heterocycles. The van der Waals surface area contributed by atoms with Crippen molar-refractivity contribution in [3.8, 4) is 5.75 Å². The molecule has 2 amide bonds. The van der Waals surface area contributed by atoms with Gasteiger partial charge in [-0.2, -0.15) is 0 Å². The quantitative estimate of drug-likeness (QED) is 0.759. The SMILES string of the molecule is CCc1cccc(C)c1NC(=O)COC(=O)CN1C(=O)CCOc2ccccc21. The van der Waals surface area contributed by atoms with Gasteiger partial charge in [-0.05, 0) is 36.6 Å². The highest BCUT2D eigenvalue weighted by molar-refractivity contribution is 6.00. The van der Waals surface area contributed by atoms with Crippen LogP contribution in [0.25, 0.3) is 0 Å². The molecule has 0 aliphatic carbocycles. The molecule has 2 aromatic rings. The molecule has 0 saturated heterocycles. The first kappa shape index (κ1) is 20.4. The van der Waals surface area contributed by atoms with Crippen molar-refractivity contribution in [2.24, 2.45) is 0 Å². The normalized spacial score (nSPS) is 13.2. The number of rotatable bonds is 6. The molecule has 0 atom stereocenters. The Bertz CT molecular complexity index is 925. The van der Waals surface area contributed by atoms with Crippen LogP contribution >= 0.6 is 0 Å². The minimum atomic E-state index is -0.661. The smallest absolute Gasteiger partial charge is 0.326 e. The van der Waals surface area contributed by atoms with E-state index in [4.69, 9.17) is 9.47 Å². The van der Waals surface area contributed by atoms with E-state index in [1.807, 2.05) is 32.0 Å². The van der Waals surface area contributed by atoms with Gasteiger partial charge in [0, 0.05) is 5.69 Å². The molecule has 0 bridgehead atoms. The fraction of sp³-hybridized carbons (Fsp3) is 0.318. The summed E-state index contributed by atoms with van der Waals surface area (Å²) in [5, 5.41) is 2.81. The lowest BCUT2D eigenvalue weighted by molar-refractivity contribution is -0.146. The van der Waals surface area contributed by atoms with Gasteiger partial charge in [0.05, 0.1) is 18.7 Å². The topological polar surface area (TPSA) is 84.9 Å². The van der Waals surface area contributed by atoms with Gasteiger partial charge in [-0.15, -0.1) is 0 Å². The molecule has 3 rings (SSSR count). The van der Waals surface area contributed by atoms with E-state index in [-0.39, 0.29) is 25.5 Å². The number of para-hydroxylation sites is 3. The Hall–Kier alpha value is -3.35. The number of amides is 2. The largest absolute Gasteiger partial charge is 0.491 e. The van der Waals surface area contributed by atoms with Crippen LogP contribution in [0, 0.1) is 6.92 Å². The molecule has 0 unspecified atom stereocenters. The van der Waals surface area contributed by atoms with Gasteiger partial charge in [0.15, 0.2) is 6.61 Å². The van der Waals surface area contributed by atoms with Gasteiger partial charge in [0.25, 0.3) is 5.91 Å². The maximum absolute atomic E-state index is 12.4. The van der Waals surface area contributed by atoms with Gasteiger partial charge in [-0.1, -0.05) is 37.3 Å². The van der Waals surface area contributed by atoms with Crippen LogP contribution in [-0.2, 0) is 25.5 Å². The van der Waals surface area contributed by atoms with Gasteiger partial charge in [-0.3, -0.25) is 19.3 Å². The van der Waals surface area contributed by atoms with Crippen LogP contribution < -0.4 is 15.0 Å². The predicted molar refractivity (Wildman–Crippen MR) is 109 cm³/mol. The number of hydrogen-bond donors (Lipinski definition) is 1. The van der Waals surface area contributed by atoms with E-state index in [2.05, 4.69) is 5.32 Å². The first-order valence-electron chi connectivity index (χ1n) is 9.55. The summed E-state index contributed by atoms with van der Waals surface area (Å²) >= 11 is 0. The minimum Gasteiger partial charge on any atom is -0.491 e. The molecule has 0 saturated carbocycles. The maximum atomic E-state index is 12.4. The average molecular weight is 396 g/mol. The molecule has 0 spiro atoms. The highest BCUT2D eigenvalue weighted by Crippen LogP contribution is 2.30. The molecular formula is C22H24N2O5. The first-order valence-corrected chi connectivity index (χ1v) is 9.55. The zero-order valence-electron chi connectivity index (χ0n) is 16.6. The number of ether oxygens (including phenoxy) is 2. The Morgan fingerprint density at radius 2 is 1.97 bits per heavy atom. The number of nitrogens with zero attached hydrogens (tertiary/aromatic N) is 1. The molecule has 1 N–H and O–H groups in total. The van der Waals surface area contributed by atoms with Crippen LogP contribution in [0.15, 0.2) is 42.5 Å². The van der Waals surface area contributed by atoms with Crippen molar-refractivity contribution in [1.29, 1.82) is 0 Å². The Labute approximate surface area is 169 Å². The molecule has 152 valence electrons. The molecule has 7 heteroatoms. The third-order valence-electron chi connectivity index (χ3n) is 4.69. The highest BCUT2D eigenvalue weighted by Gasteiger charge is 2.25. The second-order valence-corrected chi connectivity index (χ2v) is 6.72. The van der Waals surface area contributed by atoms with Crippen molar-refractivity contribution in [2.75, 3.05) is 30.0 Å². The number of fused-ring (bicyclic) bond motifs is 1. The summed E-state index contributed by atoms with van der Waals surface area (Å²) in [4.78, 5) is 38.2. The number of nitrogens with one attached hydrogen (secondary N) is 1. The summed E-state index contributed by atoms with van der Waals surface area (Å²) in [5.41, 5.74) is 3.21. The molecule has 29 heavy (non-hydrogen) atoms. The monoisotopic (exact) mass is 396 g/mol. The summed E-state index contributed by atoms with van der Waals surface area (Å²) in [5.74, 6) is -0.779. The Morgan fingerprint density at radius 1 is 1.17 bits per heavy atom. The zero-order valence-corrected chi connectivity index (χ0v) is 16.6. The van der Waals surface area contributed by atoms with Gasteiger partial charge < -0.3 is 14.8 Å². The van der Waals surface area contributed by atoms with E-state index in [1.54, 1.807) is 24.3 Å². The lowest BCUT2D eigenvalue weighted by atomic mass is 10.1. The van der Waals surface area contributed by atoms with Crippen LogP contribution in [0.5, 0.6) is 5.75 Å². The van der Waals surface area contributed by atoms with Crippen molar-refractivity contribution in [3.63, 3.8) is 0 Å². The summed E-state index contributed by atoms with van der Waals surface area (Å²) in [6.45, 7) is 3.46.